The maximum absolute atomic E-state index is 12.6. The predicted molar refractivity (Wildman–Crippen MR) is 119 cm³/mol. The number of carbonyl (C=O) groups is 1. The molecule has 162 valence electrons. The SMILES string of the molecule is CCOC(=O)c1cc(C(C)=N[S+]([O-])C(C)(C)C)c2nc(N3CCOCC3)cnc2c1. The van der Waals surface area contributed by atoms with Gasteiger partial charge in [0.1, 0.15) is 27.4 Å². The van der Waals surface area contributed by atoms with Gasteiger partial charge in [0.25, 0.3) is 0 Å². The van der Waals surface area contributed by atoms with Crippen LogP contribution in [-0.4, -0.2) is 63.9 Å². The molecule has 1 aliphatic rings. The van der Waals surface area contributed by atoms with E-state index in [4.69, 9.17) is 14.5 Å². The number of nitrogens with zero attached hydrogens (tertiary/aromatic N) is 4. The van der Waals surface area contributed by atoms with Crippen LogP contribution < -0.4 is 4.90 Å². The summed E-state index contributed by atoms with van der Waals surface area (Å²) in [5.74, 6) is 0.296. The zero-order chi connectivity index (χ0) is 21.9. The van der Waals surface area contributed by atoms with Crippen LogP contribution in [0.2, 0.25) is 0 Å². The van der Waals surface area contributed by atoms with Crippen molar-refractivity contribution in [3.05, 3.63) is 29.5 Å². The minimum atomic E-state index is -1.44. The number of rotatable bonds is 5. The molecule has 1 aromatic carbocycles. The van der Waals surface area contributed by atoms with Gasteiger partial charge in [-0.25, -0.2) is 9.78 Å². The minimum Gasteiger partial charge on any atom is -0.591 e. The third kappa shape index (κ3) is 5.08. The van der Waals surface area contributed by atoms with Crippen LogP contribution in [-0.2, 0) is 20.8 Å². The molecule has 30 heavy (non-hydrogen) atoms. The molecule has 1 fully saturated rings. The van der Waals surface area contributed by atoms with Gasteiger partial charge in [0.2, 0.25) is 0 Å². The number of hydrogen-bond donors (Lipinski definition) is 0. The molecule has 1 aliphatic heterocycles. The van der Waals surface area contributed by atoms with E-state index < -0.39 is 22.1 Å². The van der Waals surface area contributed by atoms with Crippen LogP contribution in [0.4, 0.5) is 5.82 Å². The summed E-state index contributed by atoms with van der Waals surface area (Å²) in [5, 5.41) is 0. The summed E-state index contributed by atoms with van der Waals surface area (Å²) in [6.07, 6.45) is 1.70. The molecule has 0 radical (unpaired) electrons. The Kier molecular flexibility index (Phi) is 6.95. The average Bonchev–Trinajstić information content (AvgIpc) is 2.72. The first kappa shape index (κ1) is 22.5. The molecule has 0 bridgehead atoms. The fourth-order valence-electron chi connectivity index (χ4n) is 2.97. The number of esters is 1. The van der Waals surface area contributed by atoms with Gasteiger partial charge in [-0.3, -0.25) is 4.98 Å². The Labute approximate surface area is 180 Å². The lowest BCUT2D eigenvalue weighted by molar-refractivity contribution is 0.0526. The topological polar surface area (TPSA) is 100.0 Å². The van der Waals surface area contributed by atoms with Gasteiger partial charge in [-0.05, 0) is 46.8 Å². The highest BCUT2D eigenvalue weighted by molar-refractivity contribution is 7.91. The lowest BCUT2D eigenvalue weighted by atomic mass is 10.0. The van der Waals surface area contributed by atoms with Gasteiger partial charge >= 0.3 is 5.97 Å². The smallest absolute Gasteiger partial charge is 0.338 e. The van der Waals surface area contributed by atoms with Crippen molar-refractivity contribution in [3.63, 3.8) is 0 Å². The van der Waals surface area contributed by atoms with Crippen LogP contribution in [0.5, 0.6) is 0 Å². The molecule has 0 N–H and O–H groups in total. The molecule has 1 atom stereocenters. The Balaban J connectivity index is 2.13. The molecule has 2 heterocycles. The van der Waals surface area contributed by atoms with E-state index in [2.05, 4.69) is 14.3 Å². The first-order valence-corrected chi connectivity index (χ1v) is 11.1. The Morgan fingerprint density at radius 3 is 2.67 bits per heavy atom. The molecular weight excluding hydrogens is 404 g/mol. The molecule has 9 heteroatoms. The third-order valence-corrected chi connectivity index (χ3v) is 6.10. The molecule has 8 nitrogen and oxygen atoms in total. The van der Waals surface area contributed by atoms with E-state index in [0.29, 0.717) is 41.1 Å². The van der Waals surface area contributed by atoms with E-state index >= 15 is 0 Å². The van der Waals surface area contributed by atoms with Gasteiger partial charge in [-0.2, -0.15) is 0 Å². The third-order valence-electron chi connectivity index (χ3n) is 4.61. The van der Waals surface area contributed by atoms with Crippen LogP contribution in [0.25, 0.3) is 11.0 Å². The van der Waals surface area contributed by atoms with Crippen molar-refractivity contribution in [2.24, 2.45) is 4.40 Å². The average molecular weight is 433 g/mol. The van der Waals surface area contributed by atoms with Gasteiger partial charge in [0.05, 0.1) is 42.8 Å². The number of hydrogen-bond acceptors (Lipinski definition) is 8. The van der Waals surface area contributed by atoms with E-state index in [9.17, 15) is 9.35 Å². The minimum absolute atomic E-state index is 0.273. The van der Waals surface area contributed by atoms with E-state index in [1.54, 1.807) is 32.2 Å². The van der Waals surface area contributed by atoms with Gasteiger partial charge in [-0.15, -0.1) is 0 Å². The number of morpholine rings is 1. The van der Waals surface area contributed by atoms with E-state index in [1.165, 1.54) is 0 Å². The second kappa shape index (κ2) is 9.28. The highest BCUT2D eigenvalue weighted by Crippen LogP contribution is 2.25. The summed E-state index contributed by atoms with van der Waals surface area (Å²) in [6.45, 7) is 12.1. The van der Waals surface area contributed by atoms with Crippen molar-refractivity contribution in [1.29, 1.82) is 0 Å². The summed E-state index contributed by atoms with van der Waals surface area (Å²) in [4.78, 5) is 23.8. The Hall–Kier alpha value is -2.23. The summed E-state index contributed by atoms with van der Waals surface area (Å²) >= 11 is -1.44. The highest BCUT2D eigenvalue weighted by atomic mass is 32.2. The molecular formula is C21H28N4O4S. The summed E-state index contributed by atoms with van der Waals surface area (Å²) in [5.41, 5.74) is 2.69. The van der Waals surface area contributed by atoms with Gasteiger partial charge in [0.15, 0.2) is 0 Å². The molecule has 1 aromatic heterocycles. The summed E-state index contributed by atoms with van der Waals surface area (Å²) in [6, 6.07) is 3.36. The maximum Gasteiger partial charge on any atom is 0.338 e. The first-order valence-electron chi connectivity index (χ1n) is 9.99. The fraction of sp³-hybridized carbons (Fsp3) is 0.524. The van der Waals surface area contributed by atoms with Crippen molar-refractivity contribution in [1.82, 2.24) is 9.97 Å². The number of anilines is 1. The van der Waals surface area contributed by atoms with Crippen LogP contribution in [0.1, 0.15) is 50.5 Å². The monoisotopic (exact) mass is 432 g/mol. The molecule has 0 spiro atoms. The number of aromatic nitrogens is 2. The van der Waals surface area contributed by atoms with E-state index in [-0.39, 0.29) is 6.61 Å². The van der Waals surface area contributed by atoms with Crippen LogP contribution in [0, 0.1) is 0 Å². The van der Waals surface area contributed by atoms with Crippen molar-refractivity contribution >= 4 is 39.9 Å². The molecule has 2 aromatic rings. The quantitative estimate of drug-likeness (QED) is 0.407. The van der Waals surface area contributed by atoms with Crippen molar-refractivity contribution < 1.29 is 18.8 Å². The fourth-order valence-corrected chi connectivity index (χ4v) is 3.59. The van der Waals surface area contributed by atoms with E-state index in [0.717, 1.165) is 18.9 Å². The molecule has 0 saturated carbocycles. The number of carbonyl (C=O) groups excluding carboxylic acids is 1. The van der Waals surface area contributed by atoms with Crippen molar-refractivity contribution in [2.45, 2.75) is 39.4 Å². The Bertz CT molecular complexity index is 952. The van der Waals surface area contributed by atoms with Crippen LogP contribution in [0.3, 0.4) is 0 Å². The van der Waals surface area contributed by atoms with Gasteiger partial charge in [-0.1, -0.05) is 4.40 Å². The molecule has 3 rings (SSSR count). The van der Waals surface area contributed by atoms with E-state index in [1.807, 2.05) is 20.8 Å². The molecule has 1 unspecified atom stereocenters. The molecule has 1 saturated heterocycles. The zero-order valence-corrected chi connectivity index (χ0v) is 18.9. The Morgan fingerprint density at radius 1 is 1.33 bits per heavy atom. The largest absolute Gasteiger partial charge is 0.591 e. The summed E-state index contributed by atoms with van der Waals surface area (Å²) < 4.78 is 27.1. The lowest BCUT2D eigenvalue weighted by Crippen LogP contribution is -2.36. The normalized spacial score (nSPS) is 16.6. The Morgan fingerprint density at radius 2 is 2.03 bits per heavy atom. The first-order chi connectivity index (χ1) is 14.2. The molecule has 0 amide bonds. The second-order valence-electron chi connectivity index (χ2n) is 7.98. The van der Waals surface area contributed by atoms with Gasteiger partial charge < -0.3 is 18.9 Å². The lowest BCUT2D eigenvalue weighted by Gasteiger charge is -2.27. The zero-order valence-electron chi connectivity index (χ0n) is 18.1. The van der Waals surface area contributed by atoms with Crippen molar-refractivity contribution in [2.75, 3.05) is 37.8 Å². The van der Waals surface area contributed by atoms with Crippen molar-refractivity contribution in [3.8, 4) is 0 Å². The number of ether oxygens (including phenoxy) is 2. The standard InChI is InChI=1S/C21H28N4O4S/c1-6-29-20(26)15-11-16(14(2)24-30(27)21(3,4)5)19-17(12-15)22-13-18(23-19)25-7-9-28-10-8-25/h11-13H,6-10H2,1-5H3. The van der Waals surface area contributed by atoms with Gasteiger partial charge in [0, 0.05) is 18.7 Å². The second-order valence-corrected chi connectivity index (χ2v) is 9.88. The maximum atomic E-state index is 12.6. The predicted octanol–water partition coefficient (Wildman–Crippen LogP) is 2.91. The molecule has 0 aliphatic carbocycles. The van der Waals surface area contributed by atoms with Crippen LogP contribution in [0.15, 0.2) is 22.7 Å². The number of fused-ring (bicyclic) bond motifs is 1. The highest BCUT2D eigenvalue weighted by Gasteiger charge is 2.27. The number of benzene rings is 1. The van der Waals surface area contributed by atoms with Crippen LogP contribution >= 0.6 is 0 Å². The summed E-state index contributed by atoms with van der Waals surface area (Å²) in [7, 11) is 0.